The zero-order valence-electron chi connectivity index (χ0n) is 13.4. The zero-order valence-corrected chi connectivity index (χ0v) is 14.2. The lowest BCUT2D eigenvalue weighted by Crippen LogP contribution is -1.95. The Bertz CT molecular complexity index is 876. The SMILES string of the molecule is CC(C)c1cnc(-c2cc(-c3cncc(CS(=O)[O-])c3)ccn2)[nH]1. The van der Waals surface area contributed by atoms with Crippen molar-refractivity contribution in [2.24, 2.45) is 0 Å². The van der Waals surface area contributed by atoms with Crippen LogP contribution in [-0.4, -0.2) is 28.7 Å². The van der Waals surface area contributed by atoms with Crippen molar-refractivity contribution >= 4 is 11.1 Å². The minimum atomic E-state index is -2.13. The molecule has 3 aromatic heterocycles. The van der Waals surface area contributed by atoms with Crippen molar-refractivity contribution in [2.45, 2.75) is 25.5 Å². The average molecular weight is 341 g/mol. The van der Waals surface area contributed by atoms with Crippen molar-refractivity contribution in [1.82, 2.24) is 19.9 Å². The monoisotopic (exact) mass is 341 g/mol. The minimum Gasteiger partial charge on any atom is -0.772 e. The van der Waals surface area contributed by atoms with Gasteiger partial charge in [0, 0.05) is 41.8 Å². The Hall–Kier alpha value is -2.38. The molecule has 6 nitrogen and oxygen atoms in total. The van der Waals surface area contributed by atoms with Gasteiger partial charge >= 0.3 is 0 Å². The van der Waals surface area contributed by atoms with Gasteiger partial charge in [0.2, 0.25) is 0 Å². The number of hydrogen-bond acceptors (Lipinski definition) is 5. The van der Waals surface area contributed by atoms with Crippen LogP contribution in [0, 0.1) is 0 Å². The molecule has 3 rings (SSSR count). The second kappa shape index (κ2) is 7.02. The molecule has 0 fully saturated rings. The molecule has 1 unspecified atom stereocenters. The molecular weight excluding hydrogens is 324 g/mol. The van der Waals surface area contributed by atoms with Gasteiger partial charge in [-0.25, -0.2) is 4.98 Å². The molecule has 1 N–H and O–H groups in total. The van der Waals surface area contributed by atoms with Crippen molar-refractivity contribution in [2.75, 3.05) is 0 Å². The molecule has 0 bridgehead atoms. The van der Waals surface area contributed by atoms with Gasteiger partial charge in [-0.05, 0) is 35.2 Å². The topological polar surface area (TPSA) is 94.6 Å². The molecule has 124 valence electrons. The second-order valence-corrected chi connectivity index (χ2v) is 6.70. The molecule has 3 heterocycles. The maximum absolute atomic E-state index is 10.9. The standard InChI is InChI=1S/C17H18N4O2S/c1-11(2)16-9-20-17(21-16)15-6-13(3-4-19-15)14-5-12(7-18-8-14)10-24(22)23/h3-9,11H,10H2,1-2H3,(H,20,21)(H,22,23)/p-1. The number of imidazole rings is 1. The van der Waals surface area contributed by atoms with Crippen LogP contribution in [0.4, 0.5) is 0 Å². The summed E-state index contributed by atoms with van der Waals surface area (Å²) in [6, 6.07) is 5.60. The third-order valence-corrected chi connectivity index (χ3v) is 4.20. The molecule has 1 atom stereocenters. The third kappa shape index (κ3) is 3.74. The van der Waals surface area contributed by atoms with E-state index in [0.29, 0.717) is 17.3 Å². The van der Waals surface area contributed by atoms with Crippen molar-refractivity contribution in [3.8, 4) is 22.6 Å². The highest BCUT2D eigenvalue weighted by Gasteiger charge is 2.09. The van der Waals surface area contributed by atoms with Gasteiger partial charge in [-0.2, -0.15) is 0 Å². The summed E-state index contributed by atoms with van der Waals surface area (Å²) in [7, 11) is 0. The van der Waals surface area contributed by atoms with Gasteiger partial charge in [0.15, 0.2) is 5.82 Å². The van der Waals surface area contributed by atoms with Crippen molar-refractivity contribution < 1.29 is 8.76 Å². The third-order valence-electron chi connectivity index (χ3n) is 3.63. The molecule has 0 radical (unpaired) electrons. The summed E-state index contributed by atoms with van der Waals surface area (Å²) < 4.78 is 21.7. The predicted octanol–water partition coefficient (Wildman–Crippen LogP) is 3.04. The lowest BCUT2D eigenvalue weighted by molar-refractivity contribution is 0.536. The number of aromatic nitrogens is 4. The normalized spacial score (nSPS) is 12.5. The first kappa shape index (κ1) is 16.5. The highest BCUT2D eigenvalue weighted by atomic mass is 32.2. The number of nitrogens with zero attached hydrogens (tertiary/aromatic N) is 3. The largest absolute Gasteiger partial charge is 0.772 e. The summed E-state index contributed by atoms with van der Waals surface area (Å²) >= 11 is -2.13. The van der Waals surface area contributed by atoms with Gasteiger partial charge < -0.3 is 9.54 Å². The number of aromatic amines is 1. The molecule has 0 saturated heterocycles. The quantitative estimate of drug-likeness (QED) is 0.720. The fourth-order valence-electron chi connectivity index (χ4n) is 2.36. The highest BCUT2D eigenvalue weighted by molar-refractivity contribution is 7.78. The Morgan fingerprint density at radius 1 is 1.17 bits per heavy atom. The van der Waals surface area contributed by atoms with Crippen LogP contribution in [0.25, 0.3) is 22.6 Å². The number of hydrogen-bond donors (Lipinski definition) is 1. The predicted molar refractivity (Wildman–Crippen MR) is 91.8 cm³/mol. The summed E-state index contributed by atoms with van der Waals surface area (Å²) in [4.78, 5) is 16.2. The van der Waals surface area contributed by atoms with E-state index in [9.17, 15) is 8.76 Å². The lowest BCUT2D eigenvalue weighted by Gasteiger charge is -2.07. The van der Waals surface area contributed by atoms with Crippen LogP contribution in [0.2, 0.25) is 0 Å². The molecule has 24 heavy (non-hydrogen) atoms. The number of H-pyrrole nitrogens is 1. The van der Waals surface area contributed by atoms with Crippen LogP contribution >= 0.6 is 0 Å². The first-order chi connectivity index (χ1) is 11.5. The smallest absolute Gasteiger partial charge is 0.156 e. The fraction of sp³-hybridized carbons (Fsp3) is 0.235. The molecule has 0 saturated carbocycles. The molecule has 0 amide bonds. The van der Waals surface area contributed by atoms with Gasteiger partial charge in [-0.15, -0.1) is 0 Å². The molecule has 0 aliphatic carbocycles. The maximum Gasteiger partial charge on any atom is 0.156 e. The van der Waals surface area contributed by atoms with Crippen LogP contribution in [-0.2, 0) is 16.8 Å². The summed E-state index contributed by atoms with van der Waals surface area (Å²) in [6.45, 7) is 4.19. The van der Waals surface area contributed by atoms with Crippen LogP contribution in [0.1, 0.15) is 31.0 Å². The molecule has 0 aliphatic heterocycles. The van der Waals surface area contributed by atoms with E-state index < -0.39 is 11.1 Å². The van der Waals surface area contributed by atoms with E-state index in [1.165, 1.54) is 0 Å². The Labute approximate surface area is 142 Å². The van der Waals surface area contributed by atoms with E-state index in [0.717, 1.165) is 22.5 Å². The first-order valence-electron chi connectivity index (χ1n) is 7.54. The second-order valence-electron chi connectivity index (χ2n) is 5.80. The van der Waals surface area contributed by atoms with Gasteiger partial charge in [0.1, 0.15) is 5.69 Å². The first-order valence-corrected chi connectivity index (χ1v) is 8.79. The van der Waals surface area contributed by atoms with Crippen LogP contribution in [0.5, 0.6) is 0 Å². The number of nitrogens with one attached hydrogen (secondary N) is 1. The summed E-state index contributed by atoms with van der Waals surface area (Å²) in [5.74, 6) is 1.03. The molecular formula is C17H17N4O2S-. The van der Waals surface area contributed by atoms with E-state index in [1.807, 2.05) is 24.4 Å². The Kier molecular flexibility index (Phi) is 4.82. The van der Waals surface area contributed by atoms with E-state index in [1.54, 1.807) is 18.6 Å². The molecule has 0 aromatic carbocycles. The minimum absolute atomic E-state index is 0.0469. The molecule has 0 spiro atoms. The lowest BCUT2D eigenvalue weighted by atomic mass is 10.1. The molecule has 3 aromatic rings. The molecule has 7 heteroatoms. The Balaban J connectivity index is 1.94. The number of pyridine rings is 2. The Morgan fingerprint density at radius 3 is 2.71 bits per heavy atom. The van der Waals surface area contributed by atoms with Gasteiger partial charge in [0.05, 0.1) is 0 Å². The van der Waals surface area contributed by atoms with E-state index in [2.05, 4.69) is 33.8 Å². The van der Waals surface area contributed by atoms with Crippen molar-refractivity contribution in [3.05, 3.63) is 54.2 Å². The van der Waals surface area contributed by atoms with E-state index in [-0.39, 0.29) is 5.75 Å². The van der Waals surface area contributed by atoms with Gasteiger partial charge in [-0.1, -0.05) is 24.9 Å². The fourth-order valence-corrected chi connectivity index (χ4v) is 2.79. The Morgan fingerprint density at radius 2 is 2.00 bits per heavy atom. The number of rotatable bonds is 5. The van der Waals surface area contributed by atoms with Crippen LogP contribution < -0.4 is 0 Å². The summed E-state index contributed by atoms with van der Waals surface area (Å²) in [5, 5.41) is 0. The van der Waals surface area contributed by atoms with Gasteiger partial charge in [0.25, 0.3) is 0 Å². The zero-order chi connectivity index (χ0) is 17.1. The van der Waals surface area contributed by atoms with Crippen LogP contribution in [0.15, 0.2) is 43.0 Å². The maximum atomic E-state index is 10.9. The van der Waals surface area contributed by atoms with E-state index in [4.69, 9.17) is 0 Å². The van der Waals surface area contributed by atoms with Crippen molar-refractivity contribution in [3.63, 3.8) is 0 Å². The summed E-state index contributed by atoms with van der Waals surface area (Å²) in [5.41, 5.74) is 4.20. The van der Waals surface area contributed by atoms with Crippen LogP contribution in [0.3, 0.4) is 0 Å². The average Bonchev–Trinajstić information content (AvgIpc) is 3.05. The van der Waals surface area contributed by atoms with Crippen molar-refractivity contribution in [1.29, 1.82) is 0 Å². The summed E-state index contributed by atoms with van der Waals surface area (Å²) in [6.07, 6.45) is 6.79. The molecule has 0 aliphatic rings. The highest BCUT2D eigenvalue weighted by Crippen LogP contribution is 2.24. The van der Waals surface area contributed by atoms with E-state index >= 15 is 0 Å². The van der Waals surface area contributed by atoms with Gasteiger partial charge in [-0.3, -0.25) is 14.2 Å².